The normalized spacial score (nSPS) is 14.2. The summed E-state index contributed by atoms with van der Waals surface area (Å²) in [6, 6.07) is 11.7. The molecule has 2 aromatic rings. The van der Waals surface area contributed by atoms with Gasteiger partial charge in [0.25, 0.3) is 11.6 Å². The molecule has 7 nitrogen and oxygen atoms in total. The summed E-state index contributed by atoms with van der Waals surface area (Å²) in [5.74, 6) is 0.414. The van der Waals surface area contributed by atoms with Crippen molar-refractivity contribution in [2.75, 3.05) is 38.2 Å². The fourth-order valence-electron chi connectivity index (χ4n) is 3.09. The van der Waals surface area contributed by atoms with Crippen LogP contribution in [0, 0.1) is 10.1 Å². The first-order valence-electron chi connectivity index (χ1n) is 8.13. The van der Waals surface area contributed by atoms with Crippen LogP contribution in [0.15, 0.2) is 42.5 Å². The number of hydrogen-bond acceptors (Lipinski definition) is 5. The van der Waals surface area contributed by atoms with Gasteiger partial charge in [-0.15, -0.1) is 0 Å². The Morgan fingerprint density at radius 1 is 1.12 bits per heavy atom. The van der Waals surface area contributed by atoms with E-state index in [1.807, 2.05) is 11.0 Å². The number of rotatable bonds is 4. The second-order valence-corrected chi connectivity index (χ2v) is 6.25. The van der Waals surface area contributed by atoms with Crippen LogP contribution in [0.1, 0.15) is 10.4 Å². The molecule has 26 heavy (non-hydrogen) atoms. The third-order valence-electron chi connectivity index (χ3n) is 4.38. The van der Waals surface area contributed by atoms with Gasteiger partial charge in [-0.2, -0.15) is 0 Å². The van der Waals surface area contributed by atoms with Crippen LogP contribution in [0.5, 0.6) is 5.75 Å². The van der Waals surface area contributed by atoms with Gasteiger partial charge >= 0.3 is 0 Å². The largest absolute Gasteiger partial charge is 0.496 e. The number of hydrogen-bond donors (Lipinski definition) is 0. The van der Waals surface area contributed by atoms with Crippen LogP contribution < -0.4 is 9.64 Å². The molecule has 0 saturated carbocycles. The van der Waals surface area contributed by atoms with Gasteiger partial charge in [-0.3, -0.25) is 14.9 Å². The number of amides is 1. The molecular weight excluding hydrogens is 358 g/mol. The molecular formula is C18H18ClN3O4. The average Bonchev–Trinajstić information content (AvgIpc) is 2.67. The van der Waals surface area contributed by atoms with Crippen LogP contribution >= 0.6 is 11.6 Å². The van der Waals surface area contributed by atoms with Gasteiger partial charge in [0.15, 0.2) is 0 Å². The maximum absolute atomic E-state index is 12.8. The van der Waals surface area contributed by atoms with E-state index in [1.54, 1.807) is 35.2 Å². The van der Waals surface area contributed by atoms with E-state index in [0.29, 0.717) is 48.2 Å². The zero-order valence-corrected chi connectivity index (χ0v) is 15.0. The van der Waals surface area contributed by atoms with Gasteiger partial charge in [0.2, 0.25) is 0 Å². The molecule has 1 aliphatic rings. The summed E-state index contributed by atoms with van der Waals surface area (Å²) in [4.78, 5) is 27.2. The van der Waals surface area contributed by atoms with Crippen LogP contribution in [-0.4, -0.2) is 49.0 Å². The molecule has 1 fully saturated rings. The van der Waals surface area contributed by atoms with Gasteiger partial charge in [0.05, 0.1) is 22.6 Å². The fraction of sp³-hybridized carbons (Fsp3) is 0.278. The Hall–Kier alpha value is -2.80. The minimum absolute atomic E-state index is 0.0259. The van der Waals surface area contributed by atoms with Crippen molar-refractivity contribution < 1.29 is 14.5 Å². The molecule has 136 valence electrons. The number of carbonyl (C=O) groups excluding carboxylic acids is 1. The first-order chi connectivity index (χ1) is 12.5. The standard InChI is InChI=1S/C18H18ClN3O4/c1-26-16-8-3-2-5-13(16)18(23)21-11-9-20(10-12-21)17-14(19)6-4-7-15(17)22(24)25/h2-8H,9-12H2,1H3. The molecule has 0 spiro atoms. The summed E-state index contributed by atoms with van der Waals surface area (Å²) in [6.07, 6.45) is 0. The SMILES string of the molecule is COc1ccccc1C(=O)N1CCN(c2c(Cl)cccc2[N+](=O)[O-])CC1. The average molecular weight is 376 g/mol. The highest BCUT2D eigenvalue weighted by Crippen LogP contribution is 2.36. The van der Waals surface area contributed by atoms with Gasteiger partial charge in [-0.05, 0) is 18.2 Å². The number of nitrogens with zero attached hydrogens (tertiary/aromatic N) is 3. The molecule has 1 amide bonds. The highest BCUT2D eigenvalue weighted by Gasteiger charge is 2.28. The van der Waals surface area contributed by atoms with E-state index in [1.165, 1.54) is 13.2 Å². The Balaban J connectivity index is 1.76. The number of carbonyl (C=O) groups is 1. The molecule has 0 N–H and O–H groups in total. The zero-order chi connectivity index (χ0) is 18.7. The third-order valence-corrected chi connectivity index (χ3v) is 4.69. The molecule has 0 aromatic heterocycles. The molecule has 0 unspecified atom stereocenters. The zero-order valence-electron chi connectivity index (χ0n) is 14.2. The van der Waals surface area contributed by atoms with Gasteiger partial charge in [0, 0.05) is 32.2 Å². The van der Waals surface area contributed by atoms with Crippen LogP contribution in [0.3, 0.4) is 0 Å². The first-order valence-corrected chi connectivity index (χ1v) is 8.51. The molecule has 1 saturated heterocycles. The summed E-state index contributed by atoms with van der Waals surface area (Å²) in [5.41, 5.74) is 0.887. The van der Waals surface area contributed by atoms with E-state index in [2.05, 4.69) is 0 Å². The molecule has 0 aliphatic carbocycles. The molecule has 8 heteroatoms. The third kappa shape index (κ3) is 3.43. The number of benzene rings is 2. The molecule has 1 aliphatic heterocycles. The lowest BCUT2D eigenvalue weighted by atomic mass is 10.1. The van der Waals surface area contributed by atoms with Crippen molar-refractivity contribution in [3.8, 4) is 5.75 Å². The van der Waals surface area contributed by atoms with Gasteiger partial charge in [-0.1, -0.05) is 29.8 Å². The lowest BCUT2D eigenvalue weighted by molar-refractivity contribution is -0.384. The molecule has 1 heterocycles. The van der Waals surface area contributed by atoms with Gasteiger partial charge in [0.1, 0.15) is 11.4 Å². The number of halogens is 1. The van der Waals surface area contributed by atoms with E-state index in [-0.39, 0.29) is 11.6 Å². The molecule has 0 bridgehead atoms. The number of nitro benzene ring substituents is 1. The predicted molar refractivity (Wildman–Crippen MR) is 99.2 cm³/mol. The minimum atomic E-state index is -0.437. The Kier molecular flexibility index (Phi) is 5.27. The van der Waals surface area contributed by atoms with E-state index in [4.69, 9.17) is 16.3 Å². The van der Waals surface area contributed by atoms with Crippen molar-refractivity contribution in [3.05, 3.63) is 63.2 Å². The molecule has 3 rings (SSSR count). The Bertz CT molecular complexity index is 835. The Morgan fingerprint density at radius 3 is 2.46 bits per heavy atom. The number of nitro groups is 1. The molecule has 0 atom stereocenters. The molecule has 2 aromatic carbocycles. The summed E-state index contributed by atoms with van der Waals surface area (Å²) >= 11 is 6.20. The lowest BCUT2D eigenvalue weighted by Crippen LogP contribution is -2.49. The lowest BCUT2D eigenvalue weighted by Gasteiger charge is -2.36. The fourth-order valence-corrected chi connectivity index (χ4v) is 3.38. The summed E-state index contributed by atoms with van der Waals surface area (Å²) in [7, 11) is 1.53. The smallest absolute Gasteiger partial charge is 0.294 e. The van der Waals surface area contributed by atoms with Gasteiger partial charge in [-0.25, -0.2) is 0 Å². The predicted octanol–water partition coefficient (Wildman–Crippen LogP) is 3.22. The van der Waals surface area contributed by atoms with Crippen LogP contribution in [-0.2, 0) is 0 Å². The minimum Gasteiger partial charge on any atom is -0.496 e. The highest BCUT2D eigenvalue weighted by molar-refractivity contribution is 6.33. The van der Waals surface area contributed by atoms with Crippen molar-refractivity contribution in [2.45, 2.75) is 0 Å². The monoisotopic (exact) mass is 375 g/mol. The van der Waals surface area contributed by atoms with E-state index in [9.17, 15) is 14.9 Å². The van der Waals surface area contributed by atoms with Gasteiger partial charge < -0.3 is 14.5 Å². The molecule has 0 radical (unpaired) electrons. The number of methoxy groups -OCH3 is 1. The van der Waals surface area contributed by atoms with Crippen molar-refractivity contribution in [3.63, 3.8) is 0 Å². The van der Waals surface area contributed by atoms with Crippen LogP contribution in [0.2, 0.25) is 5.02 Å². The van der Waals surface area contributed by atoms with Crippen LogP contribution in [0.25, 0.3) is 0 Å². The van der Waals surface area contributed by atoms with E-state index in [0.717, 1.165) is 0 Å². The number of piperazine rings is 1. The van der Waals surface area contributed by atoms with E-state index < -0.39 is 4.92 Å². The first kappa shape index (κ1) is 18.0. The number of anilines is 1. The Labute approximate surface area is 155 Å². The second kappa shape index (κ2) is 7.61. The van der Waals surface area contributed by atoms with Crippen molar-refractivity contribution in [1.82, 2.24) is 4.90 Å². The van der Waals surface area contributed by atoms with E-state index >= 15 is 0 Å². The Morgan fingerprint density at radius 2 is 1.81 bits per heavy atom. The van der Waals surface area contributed by atoms with Crippen LogP contribution in [0.4, 0.5) is 11.4 Å². The number of ether oxygens (including phenoxy) is 1. The number of para-hydroxylation sites is 2. The topological polar surface area (TPSA) is 75.9 Å². The summed E-state index contributed by atoms with van der Waals surface area (Å²) in [5, 5.41) is 11.6. The maximum Gasteiger partial charge on any atom is 0.294 e. The second-order valence-electron chi connectivity index (χ2n) is 5.84. The van der Waals surface area contributed by atoms with Crippen molar-refractivity contribution in [1.29, 1.82) is 0 Å². The highest BCUT2D eigenvalue weighted by atomic mass is 35.5. The quantitative estimate of drug-likeness (QED) is 0.605. The maximum atomic E-state index is 12.8. The van der Waals surface area contributed by atoms with Crippen molar-refractivity contribution in [2.24, 2.45) is 0 Å². The van der Waals surface area contributed by atoms with Crippen molar-refractivity contribution >= 4 is 28.9 Å². The summed E-state index contributed by atoms with van der Waals surface area (Å²) < 4.78 is 5.26. The summed E-state index contributed by atoms with van der Waals surface area (Å²) in [6.45, 7) is 1.81.